The van der Waals surface area contributed by atoms with Crippen molar-refractivity contribution in [3.63, 3.8) is 0 Å². The quantitative estimate of drug-likeness (QED) is 0.427. The molecule has 0 aromatic heterocycles. The molecule has 0 heterocycles. The maximum Gasteiger partial charge on any atom is 0.306 e. The van der Waals surface area contributed by atoms with Gasteiger partial charge in [-0.05, 0) is 19.3 Å². The molecule has 90 valence electrons. The van der Waals surface area contributed by atoms with Gasteiger partial charge in [0.25, 0.3) is 0 Å². The van der Waals surface area contributed by atoms with Crippen molar-refractivity contribution in [2.24, 2.45) is 0 Å². The first kappa shape index (κ1) is 14.5. The van der Waals surface area contributed by atoms with Gasteiger partial charge < -0.3 is 4.74 Å². The summed E-state index contributed by atoms with van der Waals surface area (Å²) in [6, 6.07) is 0. The zero-order chi connectivity index (χ0) is 11.5. The van der Waals surface area contributed by atoms with Gasteiger partial charge in [0.15, 0.2) is 0 Å². The lowest BCUT2D eigenvalue weighted by Gasteiger charge is -2.15. The average Bonchev–Trinajstić information content (AvgIpc) is 2.24. The van der Waals surface area contributed by atoms with Crippen LogP contribution >= 0.6 is 0 Å². The predicted molar refractivity (Wildman–Crippen MR) is 63.8 cm³/mol. The van der Waals surface area contributed by atoms with Gasteiger partial charge in [0, 0.05) is 6.42 Å². The van der Waals surface area contributed by atoms with Gasteiger partial charge in [-0.1, -0.05) is 46.5 Å². The topological polar surface area (TPSA) is 26.3 Å². The summed E-state index contributed by atoms with van der Waals surface area (Å²) in [5, 5.41) is 0. The number of hydrogen-bond donors (Lipinski definition) is 0. The van der Waals surface area contributed by atoms with Gasteiger partial charge in [-0.3, -0.25) is 4.79 Å². The van der Waals surface area contributed by atoms with E-state index in [9.17, 15) is 4.79 Å². The summed E-state index contributed by atoms with van der Waals surface area (Å²) in [5.41, 5.74) is 0. The van der Waals surface area contributed by atoms with Crippen LogP contribution in [0.4, 0.5) is 0 Å². The molecule has 0 radical (unpaired) electrons. The van der Waals surface area contributed by atoms with Crippen LogP contribution in [0.2, 0.25) is 0 Å². The Kier molecular flexibility index (Phi) is 9.65. The van der Waals surface area contributed by atoms with Crippen molar-refractivity contribution in [2.45, 2.75) is 78.2 Å². The molecule has 1 unspecified atom stereocenters. The van der Waals surface area contributed by atoms with Crippen LogP contribution < -0.4 is 0 Å². The molecule has 0 aliphatic rings. The smallest absolute Gasteiger partial charge is 0.306 e. The highest BCUT2D eigenvalue weighted by Crippen LogP contribution is 2.10. The van der Waals surface area contributed by atoms with Crippen molar-refractivity contribution >= 4 is 5.97 Å². The molecule has 0 saturated heterocycles. The predicted octanol–water partition coefficient (Wildman–Crippen LogP) is 4.08. The summed E-state index contributed by atoms with van der Waals surface area (Å²) >= 11 is 0. The summed E-state index contributed by atoms with van der Waals surface area (Å²) in [6.45, 7) is 6.37. The first-order chi connectivity index (χ1) is 7.24. The fraction of sp³-hybridized carbons (Fsp3) is 0.923. The Morgan fingerprint density at radius 1 is 1.07 bits per heavy atom. The minimum absolute atomic E-state index is 0.00796. The molecule has 0 N–H and O–H groups in total. The van der Waals surface area contributed by atoms with E-state index in [1.807, 2.05) is 0 Å². The Balaban J connectivity index is 3.52. The normalized spacial score (nSPS) is 12.5. The van der Waals surface area contributed by atoms with Gasteiger partial charge in [-0.25, -0.2) is 0 Å². The van der Waals surface area contributed by atoms with Crippen LogP contribution in [0.15, 0.2) is 0 Å². The lowest BCUT2D eigenvalue weighted by molar-refractivity contribution is -0.149. The summed E-state index contributed by atoms with van der Waals surface area (Å²) < 4.78 is 5.38. The minimum Gasteiger partial charge on any atom is -0.462 e. The van der Waals surface area contributed by atoms with Gasteiger partial charge in [-0.2, -0.15) is 0 Å². The monoisotopic (exact) mass is 214 g/mol. The number of rotatable bonds is 9. The highest BCUT2D eigenvalue weighted by Gasteiger charge is 2.10. The number of hydrogen-bond acceptors (Lipinski definition) is 2. The molecule has 15 heavy (non-hydrogen) atoms. The second-order valence-electron chi connectivity index (χ2n) is 4.12. The van der Waals surface area contributed by atoms with E-state index >= 15 is 0 Å². The number of esters is 1. The first-order valence-corrected chi connectivity index (χ1v) is 6.44. The van der Waals surface area contributed by atoms with Crippen molar-refractivity contribution in [3.05, 3.63) is 0 Å². The van der Waals surface area contributed by atoms with E-state index < -0.39 is 0 Å². The van der Waals surface area contributed by atoms with Gasteiger partial charge in [0.1, 0.15) is 6.10 Å². The van der Waals surface area contributed by atoms with Crippen LogP contribution in [0.1, 0.15) is 72.1 Å². The molecule has 1 atom stereocenters. The molecule has 0 aliphatic heterocycles. The van der Waals surface area contributed by atoms with E-state index in [4.69, 9.17) is 4.74 Å². The van der Waals surface area contributed by atoms with Crippen LogP contribution in [0.5, 0.6) is 0 Å². The molecule has 0 aliphatic carbocycles. The number of unbranched alkanes of at least 4 members (excludes halogenated alkanes) is 3. The first-order valence-electron chi connectivity index (χ1n) is 6.44. The lowest BCUT2D eigenvalue weighted by Crippen LogP contribution is -2.16. The molecule has 2 heteroatoms. The zero-order valence-corrected chi connectivity index (χ0v) is 10.6. The third-order valence-electron chi connectivity index (χ3n) is 2.60. The van der Waals surface area contributed by atoms with Crippen LogP contribution in [0.25, 0.3) is 0 Å². The standard InChI is InChI=1S/C13H26O2/c1-4-7-8-9-11-13(14)15-12(6-3)10-5-2/h12H,4-11H2,1-3H3. The molecule has 0 amide bonds. The van der Waals surface area contributed by atoms with E-state index in [2.05, 4.69) is 20.8 Å². The Hall–Kier alpha value is -0.530. The van der Waals surface area contributed by atoms with E-state index in [1.165, 1.54) is 12.8 Å². The molecule has 0 rings (SSSR count). The number of carbonyl (C=O) groups is 1. The fourth-order valence-electron chi connectivity index (χ4n) is 1.61. The number of ether oxygens (including phenoxy) is 1. The average molecular weight is 214 g/mol. The molecule has 0 aromatic rings. The largest absolute Gasteiger partial charge is 0.462 e. The second kappa shape index (κ2) is 10.0. The molecule has 0 saturated carbocycles. The molecular weight excluding hydrogens is 188 g/mol. The maximum absolute atomic E-state index is 11.4. The third kappa shape index (κ3) is 8.46. The molecule has 0 fully saturated rings. The fourth-order valence-corrected chi connectivity index (χ4v) is 1.61. The Morgan fingerprint density at radius 3 is 2.33 bits per heavy atom. The van der Waals surface area contributed by atoms with Gasteiger partial charge >= 0.3 is 5.97 Å². The SMILES string of the molecule is CCCCCCC(=O)OC(CC)CCC. The summed E-state index contributed by atoms with van der Waals surface area (Å²) in [7, 11) is 0. The molecule has 0 spiro atoms. The minimum atomic E-state index is -0.00796. The Labute approximate surface area is 94.4 Å². The van der Waals surface area contributed by atoms with Gasteiger partial charge in [0.05, 0.1) is 0 Å². The highest BCUT2D eigenvalue weighted by atomic mass is 16.5. The summed E-state index contributed by atoms with van der Waals surface area (Å²) in [4.78, 5) is 11.4. The van der Waals surface area contributed by atoms with Crippen LogP contribution in [0, 0.1) is 0 Å². The van der Waals surface area contributed by atoms with Gasteiger partial charge in [-0.15, -0.1) is 0 Å². The van der Waals surface area contributed by atoms with Crippen molar-refractivity contribution < 1.29 is 9.53 Å². The van der Waals surface area contributed by atoms with Crippen LogP contribution in [0.3, 0.4) is 0 Å². The Bertz CT molecular complexity index is 155. The molecule has 0 aromatic carbocycles. The van der Waals surface area contributed by atoms with Crippen molar-refractivity contribution in [2.75, 3.05) is 0 Å². The maximum atomic E-state index is 11.4. The van der Waals surface area contributed by atoms with E-state index in [1.54, 1.807) is 0 Å². The molecular formula is C13H26O2. The summed E-state index contributed by atoms with van der Waals surface area (Å²) in [6.07, 6.45) is 8.33. The van der Waals surface area contributed by atoms with E-state index in [-0.39, 0.29) is 12.1 Å². The molecule has 0 bridgehead atoms. The summed E-state index contributed by atoms with van der Waals surface area (Å²) in [5.74, 6) is -0.00796. The third-order valence-corrected chi connectivity index (χ3v) is 2.60. The highest BCUT2D eigenvalue weighted by molar-refractivity contribution is 5.69. The second-order valence-corrected chi connectivity index (χ2v) is 4.12. The van der Waals surface area contributed by atoms with E-state index in [0.717, 1.165) is 32.1 Å². The van der Waals surface area contributed by atoms with Crippen LogP contribution in [-0.4, -0.2) is 12.1 Å². The van der Waals surface area contributed by atoms with Crippen LogP contribution in [-0.2, 0) is 9.53 Å². The van der Waals surface area contributed by atoms with E-state index in [0.29, 0.717) is 6.42 Å². The lowest BCUT2D eigenvalue weighted by atomic mass is 10.1. The zero-order valence-electron chi connectivity index (χ0n) is 10.6. The van der Waals surface area contributed by atoms with Gasteiger partial charge in [0.2, 0.25) is 0 Å². The van der Waals surface area contributed by atoms with Crippen molar-refractivity contribution in [1.82, 2.24) is 0 Å². The Morgan fingerprint density at radius 2 is 1.80 bits per heavy atom. The molecule has 2 nitrogen and oxygen atoms in total. The number of carbonyl (C=O) groups excluding carboxylic acids is 1. The van der Waals surface area contributed by atoms with Crippen molar-refractivity contribution in [1.29, 1.82) is 0 Å². The van der Waals surface area contributed by atoms with Crippen molar-refractivity contribution in [3.8, 4) is 0 Å².